The van der Waals surface area contributed by atoms with Crippen LogP contribution in [0.15, 0.2) is 10.2 Å². The summed E-state index contributed by atoms with van der Waals surface area (Å²) in [7, 11) is 0. The van der Waals surface area contributed by atoms with E-state index in [0.717, 1.165) is 25.8 Å². The Morgan fingerprint density at radius 2 is 1.83 bits per heavy atom. The number of nitrogens with zero attached hydrogens (tertiary/aromatic N) is 4. The van der Waals surface area contributed by atoms with E-state index in [2.05, 4.69) is 16.1 Å². The highest BCUT2D eigenvalue weighted by Crippen LogP contribution is 2.38. The minimum atomic E-state index is -0.496. The molecule has 2 aliphatic heterocycles. The molecule has 0 aromatic carbocycles. The third-order valence-electron chi connectivity index (χ3n) is 5.83. The Kier molecular flexibility index (Phi) is 6.50. The number of carbonyl (C=O) groups excluding carboxylic acids is 2. The molecular weight excluding hydrogens is 368 g/mol. The second-order valence-electron chi connectivity index (χ2n) is 9.57. The van der Waals surface area contributed by atoms with Crippen LogP contribution in [-0.4, -0.2) is 58.7 Å². The van der Waals surface area contributed by atoms with Gasteiger partial charge in [0.05, 0.1) is 0 Å². The highest BCUT2D eigenvalue weighted by Gasteiger charge is 2.40. The minimum Gasteiger partial charge on any atom is -0.444 e. The van der Waals surface area contributed by atoms with Gasteiger partial charge in [0.15, 0.2) is 5.66 Å². The van der Waals surface area contributed by atoms with Crippen molar-refractivity contribution in [2.75, 3.05) is 19.6 Å². The van der Waals surface area contributed by atoms with E-state index in [1.165, 1.54) is 12.8 Å². The molecule has 1 saturated carbocycles. The number of piperidine rings is 1. The van der Waals surface area contributed by atoms with Crippen LogP contribution < -0.4 is 0 Å². The summed E-state index contributed by atoms with van der Waals surface area (Å²) in [6.07, 6.45) is 11.5. The maximum atomic E-state index is 12.7. The first kappa shape index (κ1) is 21.6. The number of terminal acetylenes is 1. The van der Waals surface area contributed by atoms with E-state index in [4.69, 9.17) is 11.2 Å². The standard InChI is InChI=1S/C22H34N4O3/c1-5-6-12-22(23-24-22)13-9-19(27)25-14-10-18(11-15-25)26(16-17-7-8-17)20(28)29-21(2,3)4/h1,17-18H,6-16H2,2-4H3. The third kappa shape index (κ3) is 6.45. The Morgan fingerprint density at radius 3 is 2.34 bits per heavy atom. The summed E-state index contributed by atoms with van der Waals surface area (Å²) in [5.74, 6) is 3.36. The molecule has 0 aromatic rings. The molecule has 2 fully saturated rings. The summed E-state index contributed by atoms with van der Waals surface area (Å²) < 4.78 is 5.64. The van der Waals surface area contributed by atoms with Gasteiger partial charge in [-0.15, -0.1) is 12.3 Å². The van der Waals surface area contributed by atoms with E-state index in [-0.39, 0.29) is 18.0 Å². The molecule has 2 heterocycles. The van der Waals surface area contributed by atoms with Crippen molar-refractivity contribution < 1.29 is 14.3 Å². The van der Waals surface area contributed by atoms with E-state index in [9.17, 15) is 9.59 Å². The fraction of sp³-hybridized carbons (Fsp3) is 0.818. The molecule has 29 heavy (non-hydrogen) atoms. The van der Waals surface area contributed by atoms with Crippen molar-refractivity contribution >= 4 is 12.0 Å². The second kappa shape index (κ2) is 8.73. The molecule has 3 aliphatic rings. The van der Waals surface area contributed by atoms with Crippen molar-refractivity contribution in [1.29, 1.82) is 0 Å². The maximum absolute atomic E-state index is 12.7. The lowest BCUT2D eigenvalue weighted by molar-refractivity contribution is -0.133. The summed E-state index contributed by atoms with van der Waals surface area (Å²) in [6.45, 7) is 7.83. The minimum absolute atomic E-state index is 0.143. The zero-order valence-electron chi connectivity index (χ0n) is 18.0. The van der Waals surface area contributed by atoms with E-state index in [1.807, 2.05) is 30.6 Å². The van der Waals surface area contributed by atoms with Crippen LogP contribution in [0, 0.1) is 18.3 Å². The normalized spacial score (nSPS) is 20.8. The number of ether oxygens (including phenoxy) is 1. The maximum Gasteiger partial charge on any atom is 0.410 e. The molecule has 1 saturated heterocycles. The van der Waals surface area contributed by atoms with Crippen LogP contribution >= 0.6 is 0 Å². The molecule has 1 aliphatic carbocycles. The summed E-state index contributed by atoms with van der Waals surface area (Å²) in [5.41, 5.74) is -0.901. The van der Waals surface area contributed by atoms with E-state index < -0.39 is 11.3 Å². The first-order chi connectivity index (χ1) is 13.7. The average molecular weight is 403 g/mol. The molecule has 3 rings (SSSR count). The van der Waals surface area contributed by atoms with Crippen LogP contribution in [-0.2, 0) is 9.53 Å². The van der Waals surface area contributed by atoms with Crippen molar-refractivity contribution in [3.63, 3.8) is 0 Å². The number of likely N-dealkylation sites (tertiary alicyclic amines) is 1. The SMILES string of the molecule is C#CCCC1(CCC(=O)N2CCC(N(CC3CC3)C(=O)OC(C)(C)C)CC2)N=N1. The van der Waals surface area contributed by atoms with E-state index in [1.54, 1.807) is 0 Å². The number of rotatable bonds is 8. The summed E-state index contributed by atoms with van der Waals surface area (Å²) in [4.78, 5) is 29.2. The van der Waals surface area contributed by atoms with Crippen LogP contribution in [0.25, 0.3) is 0 Å². The molecule has 0 aromatic heterocycles. The molecule has 0 radical (unpaired) electrons. The van der Waals surface area contributed by atoms with E-state index >= 15 is 0 Å². The topological polar surface area (TPSA) is 74.6 Å². The molecular formula is C22H34N4O3. The average Bonchev–Trinajstić information content (AvgIpc) is 3.58. The number of amides is 2. The van der Waals surface area contributed by atoms with Gasteiger partial charge in [-0.1, -0.05) is 0 Å². The molecule has 7 nitrogen and oxygen atoms in total. The quantitative estimate of drug-likeness (QED) is 0.576. The van der Waals surface area contributed by atoms with Crippen LogP contribution in [0.5, 0.6) is 0 Å². The molecule has 0 bridgehead atoms. The predicted molar refractivity (Wildman–Crippen MR) is 110 cm³/mol. The third-order valence-corrected chi connectivity index (χ3v) is 5.83. The van der Waals surface area contributed by atoms with Gasteiger partial charge < -0.3 is 14.5 Å². The predicted octanol–water partition coefficient (Wildman–Crippen LogP) is 3.98. The van der Waals surface area contributed by atoms with Crippen LogP contribution in [0.1, 0.15) is 72.1 Å². The number of hydrogen-bond acceptors (Lipinski definition) is 5. The Bertz CT molecular complexity index is 673. The van der Waals surface area contributed by atoms with Crippen molar-refractivity contribution in [2.24, 2.45) is 16.1 Å². The van der Waals surface area contributed by atoms with Crippen molar-refractivity contribution in [3.8, 4) is 12.3 Å². The van der Waals surface area contributed by atoms with Gasteiger partial charge in [-0.05, 0) is 52.4 Å². The zero-order valence-corrected chi connectivity index (χ0v) is 18.0. The molecule has 0 N–H and O–H groups in total. The van der Waals surface area contributed by atoms with Crippen molar-refractivity contribution in [2.45, 2.75) is 89.4 Å². The largest absolute Gasteiger partial charge is 0.444 e. The van der Waals surface area contributed by atoms with Gasteiger partial charge in [0.1, 0.15) is 5.60 Å². The fourth-order valence-corrected chi connectivity index (χ4v) is 3.83. The Balaban J connectivity index is 1.46. The first-order valence-corrected chi connectivity index (χ1v) is 10.9. The molecule has 160 valence electrons. The number of carbonyl (C=O) groups is 2. The van der Waals surface area contributed by atoms with Gasteiger partial charge in [0, 0.05) is 51.4 Å². The first-order valence-electron chi connectivity index (χ1n) is 10.9. The highest BCUT2D eigenvalue weighted by atomic mass is 16.6. The Morgan fingerprint density at radius 1 is 1.17 bits per heavy atom. The molecule has 0 spiro atoms. The monoisotopic (exact) mass is 402 g/mol. The van der Waals surface area contributed by atoms with Crippen LogP contribution in [0.2, 0.25) is 0 Å². The van der Waals surface area contributed by atoms with Gasteiger partial charge in [0.2, 0.25) is 5.91 Å². The molecule has 7 heteroatoms. The fourth-order valence-electron chi connectivity index (χ4n) is 3.83. The molecule has 0 unspecified atom stereocenters. The van der Waals surface area contributed by atoms with E-state index in [0.29, 0.717) is 38.3 Å². The number of hydrogen-bond donors (Lipinski definition) is 0. The Hall–Kier alpha value is -2.10. The molecule has 2 amide bonds. The van der Waals surface area contributed by atoms with Crippen LogP contribution in [0.3, 0.4) is 0 Å². The van der Waals surface area contributed by atoms with Gasteiger partial charge in [-0.3, -0.25) is 4.79 Å². The lowest BCUT2D eigenvalue weighted by Crippen LogP contribution is -2.50. The van der Waals surface area contributed by atoms with Crippen molar-refractivity contribution in [1.82, 2.24) is 9.80 Å². The van der Waals surface area contributed by atoms with Gasteiger partial charge in [-0.2, -0.15) is 10.2 Å². The van der Waals surface area contributed by atoms with Crippen LogP contribution in [0.4, 0.5) is 4.79 Å². The van der Waals surface area contributed by atoms with Crippen molar-refractivity contribution in [3.05, 3.63) is 0 Å². The summed E-state index contributed by atoms with van der Waals surface area (Å²) in [5, 5.41) is 8.21. The van der Waals surface area contributed by atoms with Gasteiger partial charge >= 0.3 is 6.09 Å². The lowest BCUT2D eigenvalue weighted by Gasteiger charge is -2.39. The second-order valence-corrected chi connectivity index (χ2v) is 9.57. The lowest BCUT2D eigenvalue weighted by atomic mass is 9.99. The Labute approximate surface area is 174 Å². The highest BCUT2D eigenvalue weighted by molar-refractivity contribution is 5.76. The zero-order chi connectivity index (χ0) is 21.1. The smallest absolute Gasteiger partial charge is 0.410 e. The van der Waals surface area contributed by atoms with Gasteiger partial charge in [-0.25, -0.2) is 4.79 Å². The summed E-state index contributed by atoms with van der Waals surface area (Å²) >= 11 is 0. The molecule has 0 atom stereocenters. The summed E-state index contributed by atoms with van der Waals surface area (Å²) in [6, 6.07) is 0.143. The van der Waals surface area contributed by atoms with Gasteiger partial charge in [0.25, 0.3) is 0 Å².